The monoisotopic (exact) mass is 433 g/mol. The van der Waals surface area contributed by atoms with Crippen LogP contribution in [0.2, 0.25) is 5.02 Å². The quantitative estimate of drug-likeness (QED) is 0.486. The van der Waals surface area contributed by atoms with E-state index in [1.807, 2.05) is 0 Å². The largest absolute Gasteiger partial charge is 0.418 e. The van der Waals surface area contributed by atoms with Gasteiger partial charge in [0.25, 0.3) is 0 Å². The lowest BCUT2D eigenvalue weighted by atomic mass is 10.0. The molecule has 0 spiro atoms. The highest BCUT2D eigenvalue weighted by Gasteiger charge is 2.35. The van der Waals surface area contributed by atoms with E-state index < -0.39 is 29.5 Å². The summed E-state index contributed by atoms with van der Waals surface area (Å²) in [5.41, 5.74) is -2.04. The summed E-state index contributed by atoms with van der Waals surface area (Å²) in [4.78, 5) is 7.69. The van der Waals surface area contributed by atoms with Crippen molar-refractivity contribution in [2.24, 2.45) is 0 Å². The maximum Gasteiger partial charge on any atom is 0.418 e. The molecule has 1 atom stereocenters. The molecule has 29 heavy (non-hydrogen) atoms. The first-order chi connectivity index (χ1) is 13.5. The zero-order valence-corrected chi connectivity index (χ0v) is 15.6. The predicted octanol–water partition coefficient (Wildman–Crippen LogP) is 6.36. The fourth-order valence-corrected chi connectivity index (χ4v) is 3.21. The predicted molar refractivity (Wildman–Crippen MR) is 97.8 cm³/mol. The molecule has 3 rings (SSSR count). The minimum Gasteiger partial charge on any atom is -0.367 e. The van der Waals surface area contributed by atoms with E-state index in [1.54, 1.807) is 6.92 Å². The fourth-order valence-electron chi connectivity index (χ4n) is 3.04. The van der Waals surface area contributed by atoms with Crippen molar-refractivity contribution in [1.82, 2.24) is 9.97 Å². The third-order valence-electron chi connectivity index (χ3n) is 4.26. The second-order valence-electron chi connectivity index (χ2n) is 6.47. The Bertz CT molecular complexity index is 1030. The second-order valence-corrected chi connectivity index (χ2v) is 6.91. The summed E-state index contributed by atoms with van der Waals surface area (Å²) in [7, 11) is 0. The van der Waals surface area contributed by atoms with Crippen molar-refractivity contribution >= 4 is 28.3 Å². The number of halogens is 7. The summed E-state index contributed by atoms with van der Waals surface area (Å²) in [5.74, 6) is 0.108. The number of hydrogen-bond acceptors (Lipinski definition) is 3. The molecule has 2 aromatic carbocycles. The van der Waals surface area contributed by atoms with Crippen molar-refractivity contribution in [2.45, 2.75) is 31.7 Å². The molecule has 0 aliphatic heterocycles. The van der Waals surface area contributed by atoms with Gasteiger partial charge < -0.3 is 5.32 Å². The molecule has 0 radical (unpaired) electrons. The van der Waals surface area contributed by atoms with E-state index in [0.717, 1.165) is 18.5 Å². The highest BCUT2D eigenvalue weighted by Crippen LogP contribution is 2.36. The first-order valence-electron chi connectivity index (χ1n) is 8.40. The van der Waals surface area contributed by atoms with Crippen LogP contribution in [0.4, 0.5) is 32.2 Å². The number of nitrogens with one attached hydrogen (secondary N) is 1. The minimum absolute atomic E-state index is 0.0104. The minimum atomic E-state index is -4.60. The molecule has 1 unspecified atom stereocenters. The molecule has 0 aliphatic rings. The van der Waals surface area contributed by atoms with Gasteiger partial charge in [-0.05, 0) is 43.2 Å². The molecule has 0 saturated heterocycles. The topological polar surface area (TPSA) is 37.8 Å². The van der Waals surface area contributed by atoms with Crippen molar-refractivity contribution in [3.05, 3.63) is 64.4 Å². The van der Waals surface area contributed by atoms with Crippen molar-refractivity contribution < 1.29 is 26.3 Å². The number of para-hydroxylation sites is 1. The van der Waals surface area contributed by atoms with Gasteiger partial charge in [-0.1, -0.05) is 23.7 Å². The Kier molecular flexibility index (Phi) is 5.62. The number of nitrogens with zero attached hydrogens (tertiary/aromatic N) is 2. The molecule has 3 aromatic rings. The van der Waals surface area contributed by atoms with Crippen molar-refractivity contribution in [3.63, 3.8) is 0 Å². The number of aromatic nitrogens is 2. The Morgan fingerprint density at radius 3 is 2.31 bits per heavy atom. The third kappa shape index (κ3) is 4.72. The van der Waals surface area contributed by atoms with Crippen LogP contribution in [0.5, 0.6) is 0 Å². The van der Waals surface area contributed by atoms with Crippen LogP contribution in [0, 0.1) is 0 Å². The van der Waals surface area contributed by atoms with E-state index >= 15 is 0 Å². The van der Waals surface area contributed by atoms with E-state index in [4.69, 9.17) is 11.6 Å². The van der Waals surface area contributed by atoms with Gasteiger partial charge in [-0.2, -0.15) is 26.3 Å². The average molecular weight is 434 g/mol. The molecule has 10 heteroatoms. The Hall–Kier alpha value is -2.55. The van der Waals surface area contributed by atoms with Crippen molar-refractivity contribution in [1.29, 1.82) is 0 Å². The number of benzene rings is 2. The van der Waals surface area contributed by atoms with Gasteiger partial charge in [0.15, 0.2) is 0 Å². The maximum atomic E-state index is 13.3. The molecular formula is C19H14ClF6N3. The first kappa shape index (κ1) is 21.2. The van der Waals surface area contributed by atoms with Crippen LogP contribution in [0.3, 0.4) is 0 Å². The summed E-state index contributed by atoms with van der Waals surface area (Å²) in [6.45, 7) is 1.61. The third-order valence-corrected chi connectivity index (χ3v) is 4.49. The lowest BCUT2D eigenvalue weighted by Crippen LogP contribution is -2.21. The highest BCUT2D eigenvalue weighted by atomic mass is 35.5. The number of alkyl halides is 6. The molecule has 0 bridgehead atoms. The van der Waals surface area contributed by atoms with E-state index in [9.17, 15) is 26.3 Å². The molecular weight excluding hydrogens is 420 g/mol. The lowest BCUT2D eigenvalue weighted by molar-refractivity contribution is -0.138. The van der Waals surface area contributed by atoms with Gasteiger partial charge in [-0.3, -0.25) is 0 Å². The van der Waals surface area contributed by atoms with Gasteiger partial charge in [0.05, 0.1) is 16.6 Å². The van der Waals surface area contributed by atoms with E-state index in [1.165, 1.54) is 24.3 Å². The molecule has 0 amide bonds. The lowest BCUT2D eigenvalue weighted by Gasteiger charge is -2.19. The van der Waals surface area contributed by atoms with Gasteiger partial charge in [0.2, 0.25) is 0 Å². The number of fused-ring (bicyclic) bond motifs is 1. The second kappa shape index (κ2) is 7.70. The van der Waals surface area contributed by atoms with Crippen LogP contribution < -0.4 is 5.32 Å². The summed E-state index contributed by atoms with van der Waals surface area (Å²) in [5, 5.41) is 2.97. The van der Waals surface area contributed by atoms with Gasteiger partial charge in [-0.15, -0.1) is 0 Å². The fraction of sp³-hybridized carbons (Fsp3) is 0.263. The van der Waals surface area contributed by atoms with Gasteiger partial charge in [0.1, 0.15) is 12.1 Å². The van der Waals surface area contributed by atoms with Crippen LogP contribution in [0.1, 0.15) is 23.6 Å². The molecule has 0 aliphatic carbocycles. The molecule has 1 heterocycles. The van der Waals surface area contributed by atoms with Crippen LogP contribution in [0.25, 0.3) is 10.9 Å². The highest BCUT2D eigenvalue weighted by molar-refractivity contribution is 6.30. The van der Waals surface area contributed by atoms with E-state index in [2.05, 4.69) is 15.3 Å². The van der Waals surface area contributed by atoms with Gasteiger partial charge >= 0.3 is 12.4 Å². The molecule has 3 nitrogen and oxygen atoms in total. The number of anilines is 1. The summed E-state index contributed by atoms with van der Waals surface area (Å²) < 4.78 is 79.4. The smallest absolute Gasteiger partial charge is 0.367 e. The molecule has 1 N–H and O–H groups in total. The molecule has 0 fully saturated rings. The van der Waals surface area contributed by atoms with Crippen molar-refractivity contribution in [3.8, 4) is 0 Å². The Morgan fingerprint density at radius 2 is 1.66 bits per heavy atom. The van der Waals surface area contributed by atoms with Gasteiger partial charge in [-0.25, -0.2) is 9.97 Å². The SMILES string of the molecule is CC(Cc1ccc(Cl)cc1C(F)(F)F)Nc1ncnc2c(C(F)(F)F)cccc12. The first-order valence-corrected chi connectivity index (χ1v) is 8.77. The summed E-state index contributed by atoms with van der Waals surface area (Å²) >= 11 is 5.68. The molecule has 0 saturated carbocycles. The summed E-state index contributed by atoms with van der Waals surface area (Å²) in [6, 6.07) is 6.47. The molecule has 1 aromatic heterocycles. The average Bonchev–Trinajstić information content (AvgIpc) is 2.61. The normalized spacial score (nSPS) is 13.5. The Balaban J connectivity index is 1.91. The van der Waals surface area contributed by atoms with E-state index in [-0.39, 0.29) is 33.7 Å². The van der Waals surface area contributed by atoms with Crippen LogP contribution in [-0.2, 0) is 18.8 Å². The maximum absolute atomic E-state index is 13.3. The van der Waals surface area contributed by atoms with Crippen LogP contribution in [-0.4, -0.2) is 16.0 Å². The number of rotatable bonds is 4. The Labute approximate surface area is 166 Å². The van der Waals surface area contributed by atoms with E-state index in [0.29, 0.717) is 0 Å². The Morgan fingerprint density at radius 1 is 0.966 bits per heavy atom. The standard InChI is InChI=1S/C19H14ClF6N3/c1-10(7-11-5-6-12(20)8-15(11)19(24,25)26)29-17-13-3-2-4-14(18(21,22)23)16(13)27-9-28-17/h2-6,8-10H,7H2,1H3,(H,27,28,29). The van der Waals surface area contributed by atoms with Gasteiger partial charge in [0, 0.05) is 16.5 Å². The zero-order chi connectivity index (χ0) is 21.4. The zero-order valence-electron chi connectivity index (χ0n) is 14.9. The molecule has 154 valence electrons. The summed E-state index contributed by atoms with van der Waals surface area (Å²) in [6.07, 6.45) is -8.24. The van der Waals surface area contributed by atoms with Crippen LogP contribution in [0.15, 0.2) is 42.7 Å². The van der Waals surface area contributed by atoms with Crippen molar-refractivity contribution in [2.75, 3.05) is 5.32 Å². The number of hydrogen-bond donors (Lipinski definition) is 1. The van der Waals surface area contributed by atoms with Crippen LogP contribution >= 0.6 is 11.6 Å².